The lowest BCUT2D eigenvalue weighted by Gasteiger charge is -2.34. The highest BCUT2D eigenvalue weighted by Gasteiger charge is 2.46. The molecule has 2 N–H and O–H groups in total. The van der Waals surface area contributed by atoms with Crippen molar-refractivity contribution in [2.45, 2.75) is 38.1 Å². The largest absolute Gasteiger partial charge is 0.342 e. The van der Waals surface area contributed by atoms with Crippen molar-refractivity contribution in [2.24, 2.45) is 17.6 Å². The van der Waals surface area contributed by atoms with Crippen LogP contribution >= 0.6 is 0 Å². The average Bonchev–Trinajstić information content (AvgIpc) is 3.28. The second-order valence-corrected chi connectivity index (χ2v) is 6.38. The molecule has 3 atom stereocenters. The van der Waals surface area contributed by atoms with Gasteiger partial charge in [-0.25, -0.2) is 0 Å². The van der Waals surface area contributed by atoms with E-state index in [1.54, 1.807) is 0 Å². The summed E-state index contributed by atoms with van der Waals surface area (Å²) in [5.74, 6) is 1.63. The van der Waals surface area contributed by atoms with E-state index < -0.39 is 0 Å². The molecule has 1 aliphatic carbocycles. The average molecular weight is 272 g/mol. The predicted molar refractivity (Wildman–Crippen MR) is 80.2 cm³/mol. The smallest absolute Gasteiger partial charge is 0.226 e. The summed E-state index contributed by atoms with van der Waals surface area (Å²) >= 11 is 0. The molecule has 2 fully saturated rings. The van der Waals surface area contributed by atoms with E-state index in [2.05, 4.69) is 36.1 Å². The van der Waals surface area contributed by atoms with E-state index in [0.717, 1.165) is 32.4 Å². The van der Waals surface area contributed by atoms with Crippen molar-refractivity contribution in [1.29, 1.82) is 0 Å². The summed E-state index contributed by atoms with van der Waals surface area (Å²) in [5, 5.41) is 0. The Hall–Kier alpha value is -1.35. The lowest BCUT2D eigenvalue weighted by Crippen LogP contribution is -2.43. The molecule has 1 amide bonds. The Kier molecular flexibility index (Phi) is 3.79. The third-order valence-electron chi connectivity index (χ3n) is 4.93. The molecule has 1 aromatic carbocycles. The van der Waals surface area contributed by atoms with Gasteiger partial charge in [0, 0.05) is 25.0 Å². The van der Waals surface area contributed by atoms with Crippen molar-refractivity contribution in [2.75, 3.05) is 13.1 Å². The van der Waals surface area contributed by atoms with Gasteiger partial charge in [-0.05, 0) is 43.6 Å². The first-order valence-corrected chi connectivity index (χ1v) is 7.76. The molecule has 0 aromatic heterocycles. The zero-order valence-corrected chi connectivity index (χ0v) is 12.2. The van der Waals surface area contributed by atoms with Crippen LogP contribution in [0.5, 0.6) is 0 Å². The van der Waals surface area contributed by atoms with Gasteiger partial charge in [0.2, 0.25) is 5.91 Å². The minimum absolute atomic E-state index is 0.226. The molecular formula is C17H24N2O. The number of nitrogens with two attached hydrogens (primary N) is 1. The number of rotatable bonds is 3. The van der Waals surface area contributed by atoms with E-state index in [9.17, 15) is 4.79 Å². The lowest BCUT2D eigenvalue weighted by atomic mass is 9.91. The van der Waals surface area contributed by atoms with Crippen LogP contribution in [0.1, 0.15) is 37.7 Å². The summed E-state index contributed by atoms with van der Waals surface area (Å²) in [6, 6.07) is 10.7. The maximum atomic E-state index is 12.5. The van der Waals surface area contributed by atoms with E-state index in [4.69, 9.17) is 5.73 Å². The molecule has 3 unspecified atom stereocenters. The summed E-state index contributed by atoms with van der Waals surface area (Å²) in [5.41, 5.74) is 7.27. The van der Waals surface area contributed by atoms with Crippen molar-refractivity contribution in [3.05, 3.63) is 35.9 Å². The molecule has 3 heteroatoms. The highest BCUT2D eigenvalue weighted by atomic mass is 16.2. The van der Waals surface area contributed by atoms with Crippen molar-refractivity contribution < 1.29 is 4.79 Å². The van der Waals surface area contributed by atoms with Gasteiger partial charge in [-0.15, -0.1) is 0 Å². The highest BCUT2D eigenvalue weighted by Crippen LogP contribution is 2.48. The van der Waals surface area contributed by atoms with Crippen LogP contribution in [0, 0.1) is 11.8 Å². The van der Waals surface area contributed by atoms with Crippen molar-refractivity contribution >= 4 is 5.91 Å². The molecule has 3 rings (SSSR count). The Morgan fingerprint density at radius 2 is 1.90 bits per heavy atom. The molecule has 1 heterocycles. The van der Waals surface area contributed by atoms with Gasteiger partial charge in [0.05, 0.1) is 0 Å². The predicted octanol–water partition coefficient (Wildman–Crippen LogP) is 2.38. The number of piperidine rings is 1. The van der Waals surface area contributed by atoms with Gasteiger partial charge >= 0.3 is 0 Å². The first-order valence-electron chi connectivity index (χ1n) is 7.76. The first kappa shape index (κ1) is 13.6. The Morgan fingerprint density at radius 1 is 1.25 bits per heavy atom. The lowest BCUT2D eigenvalue weighted by molar-refractivity contribution is -0.134. The summed E-state index contributed by atoms with van der Waals surface area (Å²) < 4.78 is 0. The molecule has 1 saturated heterocycles. The van der Waals surface area contributed by atoms with E-state index in [0.29, 0.717) is 17.7 Å². The zero-order valence-electron chi connectivity index (χ0n) is 12.2. The van der Waals surface area contributed by atoms with Crippen molar-refractivity contribution in [1.82, 2.24) is 4.90 Å². The fourth-order valence-electron chi connectivity index (χ4n) is 3.42. The molecule has 2 aliphatic rings. The third kappa shape index (κ3) is 2.73. The second-order valence-electron chi connectivity index (χ2n) is 6.38. The molecule has 0 radical (unpaired) electrons. The number of carbonyl (C=O) groups is 1. The minimum atomic E-state index is 0.226. The van der Waals surface area contributed by atoms with Gasteiger partial charge in [-0.2, -0.15) is 0 Å². The van der Waals surface area contributed by atoms with Crippen LogP contribution in [0.3, 0.4) is 0 Å². The SMILES string of the molecule is CC(N)C1CCN(C(=O)C2CC2c2ccccc2)CC1. The van der Waals surface area contributed by atoms with Gasteiger partial charge in [-0.1, -0.05) is 30.3 Å². The fourth-order valence-corrected chi connectivity index (χ4v) is 3.42. The Balaban J connectivity index is 1.54. The Bertz CT molecular complexity index is 463. The number of amides is 1. The number of hydrogen-bond acceptors (Lipinski definition) is 2. The van der Waals surface area contributed by atoms with Gasteiger partial charge in [0.15, 0.2) is 0 Å². The standard InChI is InChI=1S/C17H24N2O/c1-12(18)13-7-9-19(10-8-13)17(20)16-11-15(16)14-5-3-2-4-6-14/h2-6,12-13,15-16H,7-11,18H2,1H3. The van der Waals surface area contributed by atoms with Crippen LogP contribution in [0.15, 0.2) is 30.3 Å². The summed E-state index contributed by atoms with van der Waals surface area (Å²) in [6.45, 7) is 3.86. The molecule has 3 nitrogen and oxygen atoms in total. The topological polar surface area (TPSA) is 46.3 Å². The monoisotopic (exact) mass is 272 g/mol. The summed E-state index contributed by atoms with van der Waals surface area (Å²) in [6.07, 6.45) is 3.15. The Morgan fingerprint density at radius 3 is 2.50 bits per heavy atom. The molecular weight excluding hydrogens is 248 g/mol. The Labute approximate surface area is 121 Å². The van der Waals surface area contributed by atoms with Crippen LogP contribution in [-0.2, 0) is 4.79 Å². The number of likely N-dealkylation sites (tertiary alicyclic amines) is 1. The van der Waals surface area contributed by atoms with Crippen LogP contribution in [0.25, 0.3) is 0 Å². The normalized spacial score (nSPS) is 28.2. The molecule has 1 aromatic rings. The van der Waals surface area contributed by atoms with Crippen LogP contribution in [0.2, 0.25) is 0 Å². The van der Waals surface area contributed by atoms with Crippen molar-refractivity contribution in [3.8, 4) is 0 Å². The quantitative estimate of drug-likeness (QED) is 0.918. The van der Waals surface area contributed by atoms with Gasteiger partial charge in [-0.3, -0.25) is 4.79 Å². The maximum absolute atomic E-state index is 12.5. The van der Waals surface area contributed by atoms with Crippen LogP contribution < -0.4 is 5.73 Å². The van der Waals surface area contributed by atoms with Gasteiger partial charge in [0.1, 0.15) is 0 Å². The van der Waals surface area contributed by atoms with E-state index >= 15 is 0 Å². The first-order chi connectivity index (χ1) is 9.66. The molecule has 1 aliphatic heterocycles. The number of hydrogen-bond donors (Lipinski definition) is 1. The molecule has 0 spiro atoms. The fraction of sp³-hybridized carbons (Fsp3) is 0.588. The van der Waals surface area contributed by atoms with Crippen molar-refractivity contribution in [3.63, 3.8) is 0 Å². The summed E-state index contributed by atoms with van der Waals surface area (Å²) in [7, 11) is 0. The highest BCUT2D eigenvalue weighted by molar-refractivity contribution is 5.83. The van der Waals surface area contributed by atoms with E-state index in [1.807, 2.05) is 6.07 Å². The van der Waals surface area contributed by atoms with E-state index in [-0.39, 0.29) is 12.0 Å². The van der Waals surface area contributed by atoms with Gasteiger partial charge < -0.3 is 10.6 Å². The number of benzene rings is 1. The molecule has 1 saturated carbocycles. The zero-order chi connectivity index (χ0) is 14.1. The molecule has 0 bridgehead atoms. The van der Waals surface area contributed by atoms with Crippen LogP contribution in [0.4, 0.5) is 0 Å². The number of carbonyl (C=O) groups excluding carboxylic acids is 1. The second kappa shape index (κ2) is 5.57. The molecule has 108 valence electrons. The third-order valence-corrected chi connectivity index (χ3v) is 4.93. The summed E-state index contributed by atoms with van der Waals surface area (Å²) in [4.78, 5) is 14.6. The van der Waals surface area contributed by atoms with Crippen LogP contribution in [-0.4, -0.2) is 29.9 Å². The van der Waals surface area contributed by atoms with Gasteiger partial charge in [0.25, 0.3) is 0 Å². The maximum Gasteiger partial charge on any atom is 0.226 e. The molecule has 20 heavy (non-hydrogen) atoms. The van der Waals surface area contributed by atoms with E-state index in [1.165, 1.54) is 5.56 Å². The number of nitrogens with zero attached hydrogens (tertiary/aromatic N) is 1. The minimum Gasteiger partial charge on any atom is -0.342 e.